The Morgan fingerprint density at radius 2 is 1.12 bits per heavy atom. The third kappa shape index (κ3) is 6.25. The quantitative estimate of drug-likeness (QED) is 0.172. The molecule has 2 aliphatic heterocycles. The first-order valence-electron chi connectivity index (χ1n) is 9.39. The van der Waals surface area contributed by atoms with Crippen molar-refractivity contribution in [3.05, 3.63) is 24.3 Å². The maximum Gasteiger partial charge on any atom is 0.256 e. The van der Waals surface area contributed by atoms with Crippen LogP contribution in [0.3, 0.4) is 0 Å². The molecule has 0 spiro atoms. The zero-order valence-corrected chi connectivity index (χ0v) is 22.2. The molecule has 4 unspecified atom stereocenters. The number of nitrogens with zero attached hydrogens (tertiary/aromatic N) is 2. The van der Waals surface area contributed by atoms with Gasteiger partial charge in [0.1, 0.15) is 0 Å². The predicted octanol–water partition coefficient (Wildman–Crippen LogP) is 5.83. The average molecular weight is 601 g/mol. The zero-order chi connectivity index (χ0) is 23.8. The molecule has 2 fully saturated rings. The van der Waals surface area contributed by atoms with E-state index in [1.807, 2.05) is 18.2 Å². The normalized spacial score (nSPS) is 29.8. The molecule has 0 radical (unpaired) electrons. The van der Waals surface area contributed by atoms with Gasteiger partial charge in [0.15, 0.2) is 0 Å². The van der Waals surface area contributed by atoms with Gasteiger partial charge < -0.3 is 0 Å². The number of halogens is 6. The molecule has 14 heteroatoms. The Hall–Kier alpha value is 0.200. The van der Waals surface area contributed by atoms with Crippen molar-refractivity contribution < 1.29 is 19.2 Å². The molecule has 6 nitrogen and oxygen atoms in total. The number of rotatable bonds is 2. The minimum atomic E-state index is -1.69. The molecule has 32 heavy (non-hydrogen) atoms. The van der Waals surface area contributed by atoms with Crippen molar-refractivity contribution in [3.63, 3.8) is 0 Å². The van der Waals surface area contributed by atoms with Crippen LogP contribution in [0.25, 0.3) is 0 Å². The molecule has 0 bridgehead atoms. The molecule has 176 valence electrons. The summed E-state index contributed by atoms with van der Waals surface area (Å²) in [6.45, 7) is 0. The summed E-state index contributed by atoms with van der Waals surface area (Å²) < 4.78 is -1.40. The Morgan fingerprint density at radius 1 is 0.688 bits per heavy atom. The molecule has 0 N–H and O–H groups in total. The van der Waals surface area contributed by atoms with Gasteiger partial charge in [-0.3, -0.25) is 19.2 Å². The van der Waals surface area contributed by atoms with Crippen LogP contribution in [0, 0.1) is 23.7 Å². The number of hydrogen-bond acceptors (Lipinski definition) is 6. The summed E-state index contributed by atoms with van der Waals surface area (Å²) in [4.78, 5) is 47.6. The molecule has 0 saturated carbocycles. The van der Waals surface area contributed by atoms with Crippen LogP contribution in [-0.4, -0.2) is 38.5 Å². The fourth-order valence-corrected chi connectivity index (χ4v) is 6.46. The fourth-order valence-electron chi connectivity index (χ4n) is 3.92. The van der Waals surface area contributed by atoms with Crippen molar-refractivity contribution in [2.45, 2.75) is 31.9 Å². The molecule has 0 aromatic heterocycles. The van der Waals surface area contributed by atoms with E-state index in [-0.39, 0.29) is 47.3 Å². The predicted molar refractivity (Wildman–Crippen MR) is 130 cm³/mol. The van der Waals surface area contributed by atoms with Crippen LogP contribution >= 0.6 is 93.5 Å². The molecular weight excluding hydrogens is 585 g/mol. The van der Waals surface area contributed by atoms with Crippen LogP contribution < -0.4 is 0 Å². The van der Waals surface area contributed by atoms with Crippen LogP contribution in [0.1, 0.15) is 25.7 Å². The second kappa shape index (κ2) is 10.4. The molecule has 4 atom stereocenters. The van der Waals surface area contributed by atoms with Gasteiger partial charge in [-0.25, -0.2) is 8.61 Å². The lowest BCUT2D eigenvalue weighted by atomic mass is 9.85. The summed E-state index contributed by atoms with van der Waals surface area (Å²) in [6.07, 6.45) is 10.2. The van der Waals surface area contributed by atoms with Gasteiger partial charge in [-0.15, -0.1) is 0 Å². The molecular formula is C18H16Cl6N2O4S2. The van der Waals surface area contributed by atoms with Crippen molar-refractivity contribution in [1.29, 1.82) is 0 Å². The first-order chi connectivity index (χ1) is 14.8. The average Bonchev–Trinajstić information content (AvgIpc) is 3.08. The molecule has 2 aliphatic carbocycles. The Kier molecular flexibility index (Phi) is 8.75. The highest BCUT2D eigenvalue weighted by molar-refractivity contribution is 8.03. The topological polar surface area (TPSA) is 74.8 Å². The standard InChI is InChI=1S/2C9H8Cl3NO2S/c2*10-9(11,12)16-13-7(14)5-3-1-2-4-6(5)8(13)15/h1,3,5-6H,2,4H2;1-2,5-6H,3-4H2. The van der Waals surface area contributed by atoms with E-state index in [9.17, 15) is 19.2 Å². The van der Waals surface area contributed by atoms with Crippen LogP contribution in [0.4, 0.5) is 0 Å². The Labute approximate surface area is 223 Å². The first-order valence-corrected chi connectivity index (χ1v) is 13.2. The number of imide groups is 2. The number of carbonyl (C=O) groups excluding carboxylic acids is 4. The highest BCUT2D eigenvalue weighted by Gasteiger charge is 2.50. The Balaban J connectivity index is 0.000000181. The molecule has 4 rings (SSSR count). The molecule has 2 saturated heterocycles. The largest absolute Gasteiger partial charge is 0.273 e. The van der Waals surface area contributed by atoms with E-state index in [0.29, 0.717) is 43.2 Å². The second-order valence-electron chi connectivity index (χ2n) is 7.31. The highest BCUT2D eigenvalue weighted by Crippen LogP contribution is 2.47. The van der Waals surface area contributed by atoms with Crippen LogP contribution in [0.5, 0.6) is 0 Å². The number of allylic oxidation sites excluding steroid dienone is 3. The lowest BCUT2D eigenvalue weighted by molar-refractivity contribution is -0.134. The Morgan fingerprint density at radius 3 is 1.56 bits per heavy atom. The second-order valence-corrected chi connectivity index (χ2v) is 15.5. The molecule has 4 aliphatic rings. The lowest BCUT2D eigenvalue weighted by Gasteiger charge is -2.17. The molecule has 0 aromatic carbocycles. The first kappa shape index (κ1) is 26.8. The van der Waals surface area contributed by atoms with Gasteiger partial charge in [-0.05, 0) is 25.7 Å². The SMILES string of the molecule is O=C1C2C=CCCC2C(=O)N1SC(Cl)(Cl)Cl.O=C1C2CC=CCC2C(=O)N1SC(Cl)(Cl)Cl. The Bertz CT molecular complexity index is 838. The van der Waals surface area contributed by atoms with Crippen molar-refractivity contribution in [2.24, 2.45) is 23.7 Å². The summed E-state index contributed by atoms with van der Waals surface area (Å²) in [6, 6.07) is 0. The van der Waals surface area contributed by atoms with E-state index in [0.717, 1.165) is 15.0 Å². The smallest absolute Gasteiger partial charge is 0.256 e. The number of amides is 4. The third-order valence-electron chi connectivity index (χ3n) is 5.28. The van der Waals surface area contributed by atoms with Gasteiger partial charge in [-0.1, -0.05) is 93.9 Å². The molecule has 4 amide bonds. The van der Waals surface area contributed by atoms with E-state index < -0.39 is 6.25 Å². The van der Waals surface area contributed by atoms with Crippen molar-refractivity contribution in [1.82, 2.24) is 8.61 Å². The van der Waals surface area contributed by atoms with Gasteiger partial charge in [0.25, 0.3) is 6.25 Å². The van der Waals surface area contributed by atoms with E-state index in [1.54, 1.807) is 6.08 Å². The van der Waals surface area contributed by atoms with E-state index in [1.165, 1.54) is 0 Å². The summed E-state index contributed by atoms with van der Waals surface area (Å²) in [5.41, 5.74) is 0. The number of hydrogen-bond donors (Lipinski definition) is 0. The van der Waals surface area contributed by atoms with Gasteiger partial charge in [-0.2, -0.15) is 0 Å². The van der Waals surface area contributed by atoms with Crippen molar-refractivity contribution >= 4 is 117 Å². The molecule has 0 aromatic rings. The summed E-state index contributed by atoms with van der Waals surface area (Å²) in [5.74, 6) is -2.27. The minimum Gasteiger partial charge on any atom is -0.273 e. The van der Waals surface area contributed by atoms with E-state index in [2.05, 4.69) is 0 Å². The number of alkyl halides is 6. The van der Waals surface area contributed by atoms with Crippen LogP contribution in [-0.2, 0) is 19.2 Å². The third-order valence-corrected chi connectivity index (χ3v) is 8.02. The van der Waals surface area contributed by atoms with Crippen LogP contribution in [0.2, 0.25) is 0 Å². The summed E-state index contributed by atoms with van der Waals surface area (Å²) in [5, 5.41) is 0. The maximum atomic E-state index is 11.9. The van der Waals surface area contributed by atoms with Gasteiger partial charge in [0, 0.05) is 23.9 Å². The van der Waals surface area contributed by atoms with E-state index >= 15 is 0 Å². The summed E-state index contributed by atoms with van der Waals surface area (Å²) >= 11 is 34.7. The maximum absolute atomic E-state index is 11.9. The zero-order valence-electron chi connectivity index (χ0n) is 16.1. The van der Waals surface area contributed by atoms with Crippen LogP contribution in [0.15, 0.2) is 24.3 Å². The molecule has 2 heterocycles. The van der Waals surface area contributed by atoms with E-state index in [4.69, 9.17) is 69.6 Å². The van der Waals surface area contributed by atoms with Gasteiger partial charge in [0.05, 0.1) is 23.7 Å². The number of carbonyl (C=O) groups is 4. The fraction of sp³-hybridized carbons (Fsp3) is 0.556. The highest BCUT2D eigenvalue weighted by atomic mass is 35.6. The number of fused-ring (bicyclic) bond motifs is 2. The minimum absolute atomic E-state index is 0.254. The van der Waals surface area contributed by atoms with Gasteiger partial charge >= 0.3 is 0 Å². The van der Waals surface area contributed by atoms with Crippen molar-refractivity contribution in [3.8, 4) is 0 Å². The monoisotopic (exact) mass is 598 g/mol. The van der Waals surface area contributed by atoms with Gasteiger partial charge in [0.2, 0.25) is 23.6 Å². The summed E-state index contributed by atoms with van der Waals surface area (Å²) in [7, 11) is 0. The van der Waals surface area contributed by atoms with Crippen molar-refractivity contribution in [2.75, 3.05) is 0 Å². The lowest BCUT2D eigenvalue weighted by Crippen LogP contribution is -2.26.